The van der Waals surface area contributed by atoms with Gasteiger partial charge in [0.1, 0.15) is 16.0 Å². The molecular formula is C10H14BrNO2. The molecule has 14 heavy (non-hydrogen) atoms. The Morgan fingerprint density at radius 1 is 1.21 bits per heavy atom. The summed E-state index contributed by atoms with van der Waals surface area (Å²) in [5, 5.41) is 0. The predicted octanol–water partition coefficient (Wildman–Crippen LogP) is 2.49. The summed E-state index contributed by atoms with van der Waals surface area (Å²) in [6.45, 7) is 1.92. The van der Waals surface area contributed by atoms with Crippen LogP contribution in [0.1, 0.15) is 18.5 Å². The van der Waals surface area contributed by atoms with Crippen LogP contribution in [0.5, 0.6) is 11.5 Å². The lowest BCUT2D eigenvalue weighted by Crippen LogP contribution is -2.05. The van der Waals surface area contributed by atoms with E-state index >= 15 is 0 Å². The molecule has 0 amide bonds. The van der Waals surface area contributed by atoms with Gasteiger partial charge in [-0.25, -0.2) is 0 Å². The Labute approximate surface area is 92.3 Å². The third-order valence-corrected chi connectivity index (χ3v) is 2.78. The molecule has 1 rings (SSSR count). The maximum atomic E-state index is 5.78. The van der Waals surface area contributed by atoms with Crippen LogP contribution in [0.25, 0.3) is 0 Å². The van der Waals surface area contributed by atoms with E-state index in [0.29, 0.717) is 0 Å². The second kappa shape index (κ2) is 4.66. The van der Waals surface area contributed by atoms with Crippen molar-refractivity contribution >= 4 is 15.9 Å². The minimum atomic E-state index is -0.0362. The fourth-order valence-corrected chi connectivity index (χ4v) is 1.71. The predicted molar refractivity (Wildman–Crippen MR) is 59.8 cm³/mol. The summed E-state index contributed by atoms with van der Waals surface area (Å²) in [7, 11) is 3.23. The largest absolute Gasteiger partial charge is 0.495 e. The van der Waals surface area contributed by atoms with Crippen LogP contribution in [-0.4, -0.2) is 14.2 Å². The van der Waals surface area contributed by atoms with Gasteiger partial charge in [0, 0.05) is 6.04 Å². The van der Waals surface area contributed by atoms with Crippen molar-refractivity contribution in [3.8, 4) is 11.5 Å². The van der Waals surface area contributed by atoms with Crippen LogP contribution in [0, 0.1) is 0 Å². The van der Waals surface area contributed by atoms with Crippen LogP contribution in [0.4, 0.5) is 0 Å². The Balaban J connectivity index is 3.25. The van der Waals surface area contributed by atoms with Gasteiger partial charge >= 0.3 is 0 Å². The van der Waals surface area contributed by atoms with Gasteiger partial charge in [-0.3, -0.25) is 0 Å². The number of hydrogen-bond acceptors (Lipinski definition) is 3. The molecule has 0 aliphatic heterocycles. The van der Waals surface area contributed by atoms with Gasteiger partial charge in [-0.15, -0.1) is 0 Å². The van der Waals surface area contributed by atoms with Crippen molar-refractivity contribution in [2.75, 3.05) is 14.2 Å². The Kier molecular flexibility index (Phi) is 3.77. The summed E-state index contributed by atoms with van der Waals surface area (Å²) in [4.78, 5) is 0. The van der Waals surface area contributed by atoms with E-state index in [1.165, 1.54) is 0 Å². The van der Waals surface area contributed by atoms with Crippen molar-refractivity contribution in [1.29, 1.82) is 0 Å². The molecule has 0 bridgehead atoms. The summed E-state index contributed by atoms with van der Waals surface area (Å²) >= 11 is 3.39. The van der Waals surface area contributed by atoms with E-state index in [-0.39, 0.29) is 6.04 Å². The number of benzene rings is 1. The molecule has 0 aliphatic rings. The summed E-state index contributed by atoms with van der Waals surface area (Å²) in [5.41, 5.74) is 6.77. The first-order chi connectivity index (χ1) is 6.60. The summed E-state index contributed by atoms with van der Waals surface area (Å²) in [5.74, 6) is 1.47. The molecule has 3 nitrogen and oxygen atoms in total. The van der Waals surface area contributed by atoms with Crippen LogP contribution in [0.3, 0.4) is 0 Å². The average Bonchev–Trinajstić information content (AvgIpc) is 2.17. The van der Waals surface area contributed by atoms with E-state index in [0.717, 1.165) is 21.5 Å². The Bertz CT molecular complexity index is 301. The van der Waals surface area contributed by atoms with E-state index in [9.17, 15) is 0 Å². The molecule has 4 heteroatoms. The van der Waals surface area contributed by atoms with Crippen LogP contribution in [0.15, 0.2) is 16.6 Å². The van der Waals surface area contributed by atoms with Gasteiger partial charge in [0.05, 0.1) is 14.2 Å². The highest BCUT2D eigenvalue weighted by atomic mass is 79.9. The molecule has 0 saturated carbocycles. The number of methoxy groups -OCH3 is 2. The quantitative estimate of drug-likeness (QED) is 0.908. The summed E-state index contributed by atoms with van der Waals surface area (Å²) in [6, 6.07) is 3.76. The zero-order valence-electron chi connectivity index (χ0n) is 8.50. The second-order valence-electron chi connectivity index (χ2n) is 3.03. The third-order valence-electron chi connectivity index (χ3n) is 1.99. The topological polar surface area (TPSA) is 44.5 Å². The molecule has 0 radical (unpaired) electrons. The fourth-order valence-electron chi connectivity index (χ4n) is 1.15. The second-order valence-corrected chi connectivity index (χ2v) is 3.82. The first-order valence-corrected chi connectivity index (χ1v) is 5.06. The molecule has 0 spiro atoms. The van der Waals surface area contributed by atoms with Gasteiger partial charge in [0.2, 0.25) is 0 Å². The van der Waals surface area contributed by atoms with E-state index in [1.54, 1.807) is 14.2 Å². The third kappa shape index (κ3) is 2.19. The SMILES string of the molecule is COc1cc([C@H](C)N)cc(OC)c1Br. The lowest BCUT2D eigenvalue weighted by Gasteiger charge is -2.13. The van der Waals surface area contributed by atoms with Crippen molar-refractivity contribution in [3.63, 3.8) is 0 Å². The van der Waals surface area contributed by atoms with Crippen molar-refractivity contribution in [1.82, 2.24) is 0 Å². The van der Waals surface area contributed by atoms with Gasteiger partial charge in [-0.1, -0.05) is 0 Å². The van der Waals surface area contributed by atoms with Crippen LogP contribution < -0.4 is 15.2 Å². The van der Waals surface area contributed by atoms with E-state index in [4.69, 9.17) is 15.2 Å². The van der Waals surface area contributed by atoms with E-state index in [1.807, 2.05) is 19.1 Å². The van der Waals surface area contributed by atoms with Gasteiger partial charge in [-0.2, -0.15) is 0 Å². The monoisotopic (exact) mass is 259 g/mol. The first kappa shape index (κ1) is 11.3. The molecule has 1 atom stereocenters. The van der Waals surface area contributed by atoms with Crippen molar-refractivity contribution in [2.24, 2.45) is 5.73 Å². The normalized spacial score (nSPS) is 12.4. The molecule has 78 valence electrons. The van der Waals surface area contributed by atoms with Gasteiger partial charge < -0.3 is 15.2 Å². The number of nitrogens with two attached hydrogens (primary N) is 1. The first-order valence-electron chi connectivity index (χ1n) is 4.27. The lowest BCUT2D eigenvalue weighted by molar-refractivity contribution is 0.388. The molecule has 1 aromatic rings. The number of halogens is 1. The zero-order chi connectivity index (χ0) is 10.7. The minimum absolute atomic E-state index is 0.0362. The molecule has 0 fully saturated rings. The number of ether oxygens (including phenoxy) is 2. The molecule has 0 unspecified atom stereocenters. The van der Waals surface area contributed by atoms with Crippen molar-refractivity contribution in [3.05, 3.63) is 22.2 Å². The average molecular weight is 260 g/mol. The maximum Gasteiger partial charge on any atom is 0.137 e. The van der Waals surface area contributed by atoms with E-state index in [2.05, 4.69) is 15.9 Å². The van der Waals surface area contributed by atoms with Crippen molar-refractivity contribution in [2.45, 2.75) is 13.0 Å². The molecule has 0 aliphatic carbocycles. The summed E-state index contributed by atoms with van der Waals surface area (Å²) in [6.07, 6.45) is 0. The zero-order valence-corrected chi connectivity index (χ0v) is 10.1. The minimum Gasteiger partial charge on any atom is -0.495 e. The molecule has 0 heterocycles. The van der Waals surface area contributed by atoms with Crippen LogP contribution in [-0.2, 0) is 0 Å². The number of hydrogen-bond donors (Lipinski definition) is 1. The Hall–Kier alpha value is -0.740. The highest BCUT2D eigenvalue weighted by Gasteiger charge is 2.11. The lowest BCUT2D eigenvalue weighted by atomic mass is 10.1. The highest BCUT2D eigenvalue weighted by Crippen LogP contribution is 2.36. The van der Waals surface area contributed by atoms with E-state index < -0.39 is 0 Å². The maximum absolute atomic E-state index is 5.78. The van der Waals surface area contributed by atoms with Crippen LogP contribution >= 0.6 is 15.9 Å². The Morgan fingerprint density at radius 3 is 1.93 bits per heavy atom. The summed E-state index contributed by atoms with van der Waals surface area (Å²) < 4.78 is 11.2. The highest BCUT2D eigenvalue weighted by molar-refractivity contribution is 9.10. The molecule has 0 saturated heterocycles. The standard InChI is InChI=1S/C10H14BrNO2/c1-6(12)7-4-8(13-2)10(11)9(5-7)14-3/h4-6H,12H2,1-3H3/t6-/m0/s1. The molecule has 0 aromatic heterocycles. The number of rotatable bonds is 3. The smallest absolute Gasteiger partial charge is 0.137 e. The molecular weight excluding hydrogens is 246 g/mol. The van der Waals surface area contributed by atoms with Gasteiger partial charge in [0.25, 0.3) is 0 Å². The van der Waals surface area contributed by atoms with Crippen LogP contribution in [0.2, 0.25) is 0 Å². The van der Waals surface area contributed by atoms with Crippen molar-refractivity contribution < 1.29 is 9.47 Å². The van der Waals surface area contributed by atoms with Gasteiger partial charge in [0.15, 0.2) is 0 Å². The molecule has 2 N–H and O–H groups in total. The molecule has 1 aromatic carbocycles. The van der Waals surface area contributed by atoms with Gasteiger partial charge in [-0.05, 0) is 40.5 Å². The fraction of sp³-hybridized carbons (Fsp3) is 0.400. The Morgan fingerprint density at radius 2 is 1.64 bits per heavy atom.